The van der Waals surface area contributed by atoms with Gasteiger partial charge in [0, 0.05) is 13.7 Å². The molecule has 2 rings (SSSR count). The molecule has 2 aromatic rings. The van der Waals surface area contributed by atoms with Gasteiger partial charge in [0.25, 0.3) is 0 Å². The molecule has 3 nitrogen and oxygen atoms in total. The molecule has 114 valence electrons. The largest absolute Gasteiger partial charge is 0.386 e. The fourth-order valence-electron chi connectivity index (χ4n) is 2.13. The fraction of sp³-hybridized carbons (Fsp3) is 0.444. The van der Waals surface area contributed by atoms with Crippen molar-refractivity contribution in [1.82, 2.24) is 0 Å². The summed E-state index contributed by atoms with van der Waals surface area (Å²) in [6.45, 7) is 4.93. The van der Waals surface area contributed by atoms with Crippen LogP contribution in [0.5, 0.6) is 0 Å². The lowest BCUT2D eigenvalue weighted by Crippen LogP contribution is -2.25. The van der Waals surface area contributed by atoms with Crippen molar-refractivity contribution in [3.05, 3.63) is 48.0 Å². The minimum atomic E-state index is -0.597. The summed E-state index contributed by atoms with van der Waals surface area (Å²) in [5.41, 5.74) is 0.702. The van der Waals surface area contributed by atoms with Crippen LogP contribution in [-0.2, 0) is 9.47 Å². The van der Waals surface area contributed by atoms with Gasteiger partial charge in [0.05, 0.1) is 12.2 Å². The van der Waals surface area contributed by atoms with Crippen LogP contribution in [0.2, 0.25) is 0 Å². The van der Waals surface area contributed by atoms with Gasteiger partial charge >= 0.3 is 0 Å². The number of ether oxygens (including phenoxy) is 2. The van der Waals surface area contributed by atoms with Gasteiger partial charge in [-0.15, -0.1) is 0 Å². The van der Waals surface area contributed by atoms with Crippen molar-refractivity contribution >= 4 is 10.8 Å². The maximum absolute atomic E-state index is 10.2. The van der Waals surface area contributed by atoms with Crippen molar-refractivity contribution in [2.24, 2.45) is 0 Å². The monoisotopic (exact) mass is 288 g/mol. The molecule has 1 atom stereocenters. The van der Waals surface area contributed by atoms with Crippen LogP contribution in [0.3, 0.4) is 0 Å². The van der Waals surface area contributed by atoms with E-state index in [1.807, 2.05) is 50.2 Å². The van der Waals surface area contributed by atoms with E-state index in [1.165, 1.54) is 5.39 Å². The molecule has 1 unspecified atom stereocenters. The molecular formula is C18H24O3. The van der Waals surface area contributed by atoms with Gasteiger partial charge in [-0.05, 0) is 42.7 Å². The summed E-state index contributed by atoms with van der Waals surface area (Å²) in [7, 11) is 1.70. The molecule has 2 aromatic carbocycles. The highest BCUT2D eigenvalue weighted by Gasteiger charge is 2.16. The van der Waals surface area contributed by atoms with E-state index in [2.05, 4.69) is 6.07 Å². The number of methoxy groups -OCH3 is 1. The van der Waals surface area contributed by atoms with Gasteiger partial charge in [0.2, 0.25) is 0 Å². The summed E-state index contributed by atoms with van der Waals surface area (Å²) >= 11 is 0. The predicted octanol–water partition coefficient (Wildman–Crippen LogP) is 3.70. The van der Waals surface area contributed by atoms with Gasteiger partial charge in [-0.25, -0.2) is 0 Å². The molecule has 0 saturated carbocycles. The standard InChI is InChI=1S/C18H24O3/c1-18(2,20-3)10-11-21-13-17(19)16-9-8-14-6-4-5-7-15(14)12-16/h4-9,12,17,19H,10-11,13H2,1-3H3. The first kappa shape index (κ1) is 16.0. The Morgan fingerprint density at radius 2 is 1.81 bits per heavy atom. The Labute approximate surface area is 126 Å². The minimum Gasteiger partial charge on any atom is -0.386 e. The first-order valence-corrected chi connectivity index (χ1v) is 7.31. The molecule has 0 aromatic heterocycles. The molecule has 0 spiro atoms. The third-order valence-electron chi connectivity index (χ3n) is 3.84. The number of aliphatic hydroxyl groups is 1. The Bertz CT molecular complexity index is 577. The van der Waals surface area contributed by atoms with Gasteiger partial charge in [-0.1, -0.05) is 36.4 Å². The molecule has 0 aliphatic heterocycles. The van der Waals surface area contributed by atoms with E-state index in [9.17, 15) is 5.11 Å². The highest BCUT2D eigenvalue weighted by molar-refractivity contribution is 5.83. The number of aliphatic hydroxyl groups excluding tert-OH is 1. The van der Waals surface area contributed by atoms with Crippen LogP contribution in [0.15, 0.2) is 42.5 Å². The Balaban J connectivity index is 1.88. The molecule has 1 N–H and O–H groups in total. The summed E-state index contributed by atoms with van der Waals surface area (Å²) in [5.74, 6) is 0. The predicted molar refractivity (Wildman–Crippen MR) is 85.4 cm³/mol. The van der Waals surface area contributed by atoms with Crippen molar-refractivity contribution in [3.63, 3.8) is 0 Å². The van der Waals surface area contributed by atoms with Crippen LogP contribution in [0, 0.1) is 0 Å². The molecule has 21 heavy (non-hydrogen) atoms. The lowest BCUT2D eigenvalue weighted by atomic mass is 10.0. The smallest absolute Gasteiger partial charge is 0.102 e. The zero-order chi connectivity index (χ0) is 15.3. The maximum Gasteiger partial charge on any atom is 0.102 e. The zero-order valence-electron chi connectivity index (χ0n) is 13.0. The highest BCUT2D eigenvalue weighted by Crippen LogP contribution is 2.21. The molecule has 0 fully saturated rings. The van der Waals surface area contributed by atoms with E-state index in [0.29, 0.717) is 13.2 Å². The summed E-state index contributed by atoms with van der Waals surface area (Å²) in [6.07, 6.45) is 0.203. The van der Waals surface area contributed by atoms with Gasteiger partial charge in [-0.3, -0.25) is 0 Å². The van der Waals surface area contributed by atoms with Crippen LogP contribution < -0.4 is 0 Å². The van der Waals surface area contributed by atoms with E-state index >= 15 is 0 Å². The quantitative estimate of drug-likeness (QED) is 0.789. The molecule has 0 aliphatic rings. The fourth-order valence-corrected chi connectivity index (χ4v) is 2.13. The second-order valence-electron chi connectivity index (χ2n) is 5.91. The van der Waals surface area contributed by atoms with Crippen LogP contribution in [0.1, 0.15) is 31.9 Å². The van der Waals surface area contributed by atoms with Crippen molar-refractivity contribution in [1.29, 1.82) is 0 Å². The molecule has 0 aliphatic carbocycles. The second kappa shape index (κ2) is 7.03. The van der Waals surface area contributed by atoms with Gasteiger partial charge < -0.3 is 14.6 Å². The molecule has 0 saturated heterocycles. The van der Waals surface area contributed by atoms with E-state index < -0.39 is 6.10 Å². The zero-order valence-corrected chi connectivity index (χ0v) is 13.0. The SMILES string of the molecule is COC(C)(C)CCOCC(O)c1ccc2ccccc2c1. The first-order chi connectivity index (χ1) is 10.0. The van der Waals surface area contributed by atoms with Crippen molar-refractivity contribution in [3.8, 4) is 0 Å². The average molecular weight is 288 g/mol. The second-order valence-corrected chi connectivity index (χ2v) is 5.91. The molecule has 3 heteroatoms. The number of hydrogen-bond acceptors (Lipinski definition) is 3. The van der Waals surface area contributed by atoms with Gasteiger partial charge in [0.15, 0.2) is 0 Å². The summed E-state index contributed by atoms with van der Waals surface area (Å²) in [6, 6.07) is 14.1. The van der Waals surface area contributed by atoms with Crippen LogP contribution in [-0.4, -0.2) is 31.0 Å². The third-order valence-corrected chi connectivity index (χ3v) is 3.84. The Morgan fingerprint density at radius 3 is 2.52 bits per heavy atom. The van der Waals surface area contributed by atoms with Crippen LogP contribution in [0.4, 0.5) is 0 Å². The normalized spacial score (nSPS) is 13.5. The molecular weight excluding hydrogens is 264 g/mol. The van der Waals surface area contributed by atoms with Crippen molar-refractivity contribution in [2.45, 2.75) is 32.0 Å². The van der Waals surface area contributed by atoms with E-state index in [1.54, 1.807) is 7.11 Å². The first-order valence-electron chi connectivity index (χ1n) is 7.31. The molecule has 0 radical (unpaired) electrons. The number of rotatable bonds is 7. The Kier molecular flexibility index (Phi) is 5.34. The third kappa shape index (κ3) is 4.53. The topological polar surface area (TPSA) is 38.7 Å². The maximum atomic E-state index is 10.2. The summed E-state index contributed by atoms with van der Waals surface area (Å²) in [4.78, 5) is 0. The molecule has 0 amide bonds. The number of hydrogen-bond donors (Lipinski definition) is 1. The summed E-state index contributed by atoms with van der Waals surface area (Å²) in [5, 5.41) is 12.5. The lowest BCUT2D eigenvalue weighted by Gasteiger charge is -2.23. The Morgan fingerprint density at radius 1 is 1.10 bits per heavy atom. The van der Waals surface area contributed by atoms with Gasteiger partial charge in [-0.2, -0.15) is 0 Å². The number of fused-ring (bicyclic) bond motifs is 1. The van der Waals surface area contributed by atoms with E-state index in [-0.39, 0.29) is 5.60 Å². The number of benzene rings is 2. The van der Waals surface area contributed by atoms with E-state index in [4.69, 9.17) is 9.47 Å². The lowest BCUT2D eigenvalue weighted by molar-refractivity contribution is -0.0248. The minimum absolute atomic E-state index is 0.187. The summed E-state index contributed by atoms with van der Waals surface area (Å²) < 4.78 is 10.9. The van der Waals surface area contributed by atoms with Crippen molar-refractivity contribution < 1.29 is 14.6 Å². The average Bonchev–Trinajstić information content (AvgIpc) is 2.51. The molecule has 0 heterocycles. The Hall–Kier alpha value is -1.42. The van der Waals surface area contributed by atoms with Gasteiger partial charge in [0.1, 0.15) is 6.10 Å². The molecule has 0 bridgehead atoms. The van der Waals surface area contributed by atoms with Crippen molar-refractivity contribution in [2.75, 3.05) is 20.3 Å². The van der Waals surface area contributed by atoms with E-state index in [0.717, 1.165) is 17.4 Å². The van der Waals surface area contributed by atoms with Crippen LogP contribution in [0.25, 0.3) is 10.8 Å². The van der Waals surface area contributed by atoms with Crippen LogP contribution >= 0.6 is 0 Å². The highest BCUT2D eigenvalue weighted by atomic mass is 16.5.